The summed E-state index contributed by atoms with van der Waals surface area (Å²) in [6.07, 6.45) is 3.32. The molecule has 28 heavy (non-hydrogen) atoms. The first kappa shape index (κ1) is 22.7. The van der Waals surface area contributed by atoms with Gasteiger partial charge in [-0.05, 0) is 30.9 Å². The fourth-order valence-corrected chi connectivity index (χ4v) is 3.01. The summed E-state index contributed by atoms with van der Waals surface area (Å²) in [5.41, 5.74) is 2.58. The van der Waals surface area contributed by atoms with E-state index in [1.54, 1.807) is 0 Å². The number of nitrogens with one attached hydrogen (secondary N) is 2. The van der Waals surface area contributed by atoms with Gasteiger partial charge in [-0.3, -0.25) is 4.90 Å². The minimum absolute atomic E-state index is 0.681. The van der Waals surface area contributed by atoms with Crippen molar-refractivity contribution in [2.24, 2.45) is 4.99 Å². The molecule has 0 aliphatic carbocycles. The Morgan fingerprint density at radius 1 is 1.04 bits per heavy atom. The van der Waals surface area contributed by atoms with Gasteiger partial charge in [-0.15, -0.1) is 0 Å². The van der Waals surface area contributed by atoms with Crippen LogP contribution in [0.25, 0.3) is 0 Å². The topological polar surface area (TPSA) is 58.1 Å². The van der Waals surface area contributed by atoms with E-state index >= 15 is 0 Å². The Morgan fingerprint density at radius 2 is 1.75 bits per heavy atom. The largest absolute Gasteiger partial charge is 0.381 e. The average molecular weight is 391 g/mol. The Kier molecular flexibility index (Phi) is 11.6. The number of nitrogens with zero attached hydrogens (tertiary/aromatic N) is 2. The van der Waals surface area contributed by atoms with Crippen molar-refractivity contribution in [2.75, 3.05) is 52.6 Å². The van der Waals surface area contributed by atoms with Gasteiger partial charge in [0.1, 0.15) is 0 Å². The second-order valence-electron chi connectivity index (χ2n) is 7.15. The molecule has 2 N–H and O–H groups in total. The lowest BCUT2D eigenvalue weighted by Crippen LogP contribution is -2.38. The fraction of sp³-hybridized carbons (Fsp3) is 0.682. The quantitative estimate of drug-likeness (QED) is 0.327. The van der Waals surface area contributed by atoms with Crippen LogP contribution in [0.15, 0.2) is 29.3 Å². The standard InChI is InChI=1S/C22H38N4O2/c1-3-5-14-27-15-6-11-24-22(23-4-2)25-18-20-7-9-21(10-8-20)19-26-12-16-28-17-13-26/h7-10H,3-6,11-19H2,1-2H3,(H2,23,24,25). The molecule has 6 nitrogen and oxygen atoms in total. The van der Waals surface area contributed by atoms with Crippen molar-refractivity contribution in [2.45, 2.75) is 46.2 Å². The van der Waals surface area contributed by atoms with E-state index in [1.165, 1.54) is 17.5 Å². The van der Waals surface area contributed by atoms with Crippen molar-refractivity contribution in [3.05, 3.63) is 35.4 Å². The molecule has 1 heterocycles. The fourth-order valence-electron chi connectivity index (χ4n) is 3.01. The van der Waals surface area contributed by atoms with Crippen LogP contribution < -0.4 is 10.6 Å². The first-order chi connectivity index (χ1) is 13.8. The lowest BCUT2D eigenvalue weighted by atomic mass is 10.1. The van der Waals surface area contributed by atoms with Gasteiger partial charge in [-0.1, -0.05) is 37.6 Å². The van der Waals surface area contributed by atoms with Crippen LogP contribution in [0.2, 0.25) is 0 Å². The highest BCUT2D eigenvalue weighted by Crippen LogP contribution is 2.10. The van der Waals surface area contributed by atoms with E-state index in [0.29, 0.717) is 6.54 Å². The van der Waals surface area contributed by atoms with Crippen LogP contribution in [-0.4, -0.2) is 63.5 Å². The van der Waals surface area contributed by atoms with Crippen LogP contribution in [0.5, 0.6) is 0 Å². The zero-order chi connectivity index (χ0) is 19.9. The normalized spacial score (nSPS) is 15.6. The van der Waals surface area contributed by atoms with E-state index in [0.717, 1.165) is 78.0 Å². The zero-order valence-electron chi connectivity index (χ0n) is 17.7. The summed E-state index contributed by atoms with van der Waals surface area (Å²) in [6.45, 7) is 13.1. The molecule has 6 heteroatoms. The summed E-state index contributed by atoms with van der Waals surface area (Å²) >= 11 is 0. The van der Waals surface area contributed by atoms with Crippen LogP contribution in [0.4, 0.5) is 0 Å². The Morgan fingerprint density at radius 3 is 2.46 bits per heavy atom. The summed E-state index contributed by atoms with van der Waals surface area (Å²) in [6, 6.07) is 8.80. The van der Waals surface area contributed by atoms with Crippen LogP contribution in [0.1, 0.15) is 44.2 Å². The number of aliphatic imine (C=N–C) groups is 1. The number of morpholine rings is 1. The first-order valence-electron chi connectivity index (χ1n) is 10.8. The lowest BCUT2D eigenvalue weighted by Gasteiger charge is -2.26. The summed E-state index contributed by atoms with van der Waals surface area (Å²) in [7, 11) is 0. The van der Waals surface area contributed by atoms with E-state index in [4.69, 9.17) is 14.5 Å². The van der Waals surface area contributed by atoms with Gasteiger partial charge in [0.25, 0.3) is 0 Å². The van der Waals surface area contributed by atoms with Crippen molar-refractivity contribution in [1.29, 1.82) is 0 Å². The van der Waals surface area contributed by atoms with E-state index in [2.05, 4.69) is 53.6 Å². The van der Waals surface area contributed by atoms with Gasteiger partial charge in [0.15, 0.2) is 5.96 Å². The van der Waals surface area contributed by atoms with Gasteiger partial charge >= 0.3 is 0 Å². The smallest absolute Gasteiger partial charge is 0.191 e. The molecule has 1 fully saturated rings. The number of ether oxygens (including phenoxy) is 2. The molecule has 0 aromatic heterocycles. The van der Waals surface area contributed by atoms with Gasteiger partial charge in [0.05, 0.1) is 19.8 Å². The lowest BCUT2D eigenvalue weighted by molar-refractivity contribution is 0.0342. The highest BCUT2D eigenvalue weighted by atomic mass is 16.5. The second kappa shape index (κ2) is 14.4. The molecule has 0 radical (unpaired) electrons. The van der Waals surface area contributed by atoms with Gasteiger partial charge < -0.3 is 20.1 Å². The van der Waals surface area contributed by atoms with Crippen molar-refractivity contribution >= 4 is 5.96 Å². The molecule has 0 atom stereocenters. The van der Waals surface area contributed by atoms with Crippen LogP contribution >= 0.6 is 0 Å². The molecular formula is C22H38N4O2. The van der Waals surface area contributed by atoms with Crippen molar-refractivity contribution in [1.82, 2.24) is 15.5 Å². The van der Waals surface area contributed by atoms with E-state index in [1.807, 2.05) is 0 Å². The summed E-state index contributed by atoms with van der Waals surface area (Å²) in [5.74, 6) is 0.869. The predicted octanol–water partition coefficient (Wildman–Crippen LogP) is 2.78. The number of guanidine groups is 1. The molecule has 1 saturated heterocycles. The molecule has 0 amide bonds. The molecule has 1 aromatic carbocycles. The Labute approximate surface area is 170 Å². The second-order valence-corrected chi connectivity index (χ2v) is 7.15. The van der Waals surface area contributed by atoms with Crippen LogP contribution in [0.3, 0.4) is 0 Å². The molecule has 1 aromatic rings. The summed E-state index contributed by atoms with van der Waals surface area (Å²) in [4.78, 5) is 7.14. The molecular weight excluding hydrogens is 352 g/mol. The van der Waals surface area contributed by atoms with Gasteiger partial charge in [0, 0.05) is 45.9 Å². The van der Waals surface area contributed by atoms with Crippen molar-refractivity contribution < 1.29 is 9.47 Å². The highest BCUT2D eigenvalue weighted by molar-refractivity contribution is 5.79. The predicted molar refractivity (Wildman–Crippen MR) is 116 cm³/mol. The Bertz CT molecular complexity index is 542. The molecule has 158 valence electrons. The van der Waals surface area contributed by atoms with Crippen LogP contribution in [-0.2, 0) is 22.6 Å². The Hall–Kier alpha value is -1.63. The first-order valence-corrected chi connectivity index (χ1v) is 10.8. The maximum absolute atomic E-state index is 5.60. The molecule has 1 aliphatic rings. The highest BCUT2D eigenvalue weighted by Gasteiger charge is 2.10. The maximum Gasteiger partial charge on any atom is 0.191 e. The zero-order valence-corrected chi connectivity index (χ0v) is 17.7. The molecule has 0 spiro atoms. The molecule has 0 bridgehead atoms. The number of hydrogen-bond donors (Lipinski definition) is 2. The van der Waals surface area contributed by atoms with Gasteiger partial charge in [-0.2, -0.15) is 0 Å². The number of benzene rings is 1. The van der Waals surface area contributed by atoms with Crippen molar-refractivity contribution in [3.63, 3.8) is 0 Å². The van der Waals surface area contributed by atoms with Crippen molar-refractivity contribution in [3.8, 4) is 0 Å². The van der Waals surface area contributed by atoms with Crippen LogP contribution in [0, 0.1) is 0 Å². The maximum atomic E-state index is 5.60. The summed E-state index contributed by atoms with van der Waals surface area (Å²) in [5, 5.41) is 6.70. The van der Waals surface area contributed by atoms with E-state index in [-0.39, 0.29) is 0 Å². The number of rotatable bonds is 12. The number of hydrogen-bond acceptors (Lipinski definition) is 4. The molecule has 1 aliphatic heterocycles. The van der Waals surface area contributed by atoms with Gasteiger partial charge in [0.2, 0.25) is 0 Å². The third-order valence-electron chi connectivity index (χ3n) is 4.70. The molecule has 0 saturated carbocycles. The third kappa shape index (κ3) is 9.53. The number of unbranched alkanes of at least 4 members (excludes halogenated alkanes) is 1. The molecule has 2 rings (SSSR count). The molecule has 0 unspecified atom stereocenters. The van der Waals surface area contributed by atoms with E-state index < -0.39 is 0 Å². The third-order valence-corrected chi connectivity index (χ3v) is 4.70. The Balaban J connectivity index is 1.71. The summed E-state index contributed by atoms with van der Waals surface area (Å²) < 4.78 is 11.0. The average Bonchev–Trinajstić information content (AvgIpc) is 2.73. The van der Waals surface area contributed by atoms with Gasteiger partial charge in [-0.25, -0.2) is 4.99 Å². The monoisotopic (exact) mass is 390 g/mol. The minimum atomic E-state index is 0.681. The van der Waals surface area contributed by atoms with E-state index in [9.17, 15) is 0 Å². The SMILES string of the molecule is CCCCOCCCNC(=NCc1ccc(CN2CCOCC2)cc1)NCC. The minimum Gasteiger partial charge on any atom is -0.381 e.